The highest BCUT2D eigenvalue weighted by atomic mass is 32.2. The molecule has 1 unspecified atom stereocenters. The van der Waals surface area contributed by atoms with E-state index in [4.69, 9.17) is 4.74 Å². The number of sulfonamides is 1. The number of nitrogens with zero attached hydrogens (tertiary/aromatic N) is 1. The number of cyclic esters (lactones) is 1. The van der Waals surface area contributed by atoms with E-state index in [1.165, 1.54) is 23.1 Å². The van der Waals surface area contributed by atoms with Crippen molar-refractivity contribution in [1.82, 2.24) is 4.98 Å². The number of esters is 1. The number of aliphatic hydroxyl groups excluding tert-OH is 2. The third-order valence-corrected chi connectivity index (χ3v) is 10.3. The number of carbonyl (C=O) groups excluding carboxylic acids is 1. The van der Waals surface area contributed by atoms with Crippen molar-refractivity contribution in [3.63, 3.8) is 0 Å². The quantitative estimate of drug-likeness (QED) is 0.229. The molecule has 11 heteroatoms. The van der Waals surface area contributed by atoms with Gasteiger partial charge in [0.2, 0.25) is 10.0 Å². The summed E-state index contributed by atoms with van der Waals surface area (Å²) in [4.78, 5) is 19.0. The monoisotopic (exact) mass is 618 g/mol. The van der Waals surface area contributed by atoms with E-state index in [1.807, 2.05) is 71.9 Å². The maximum atomic E-state index is 13.5. The van der Waals surface area contributed by atoms with Crippen LogP contribution in [0.25, 0.3) is 10.2 Å². The van der Waals surface area contributed by atoms with Crippen LogP contribution >= 0.6 is 23.1 Å². The summed E-state index contributed by atoms with van der Waals surface area (Å²) in [6.45, 7) is 11.9. The van der Waals surface area contributed by atoms with Crippen LogP contribution in [0.1, 0.15) is 69.7 Å². The van der Waals surface area contributed by atoms with Crippen molar-refractivity contribution in [2.75, 3.05) is 11.0 Å². The molecule has 0 fully saturated rings. The van der Waals surface area contributed by atoms with Gasteiger partial charge in [-0.15, -0.1) is 0 Å². The Bertz CT molecular complexity index is 1620. The first-order chi connectivity index (χ1) is 19.0. The number of benzene rings is 2. The number of aryl methyl sites for hydroxylation is 2. The largest absolute Gasteiger partial charge is 0.511 e. The molecule has 41 heavy (non-hydrogen) atoms. The van der Waals surface area contributed by atoms with Crippen molar-refractivity contribution in [3.8, 4) is 0 Å². The van der Waals surface area contributed by atoms with Crippen LogP contribution in [-0.4, -0.2) is 41.4 Å². The number of thioether (sulfide) groups is 1. The maximum absolute atomic E-state index is 13.5. The number of ether oxygens (including phenoxy) is 1. The Balaban J connectivity index is 1.72. The minimum Gasteiger partial charge on any atom is -0.511 e. The Labute approximate surface area is 250 Å². The first-order valence-electron chi connectivity index (χ1n) is 13.5. The van der Waals surface area contributed by atoms with Crippen LogP contribution in [0, 0.1) is 12.8 Å². The number of fused-ring (bicyclic) bond motifs is 1. The van der Waals surface area contributed by atoms with Gasteiger partial charge in [-0.3, -0.25) is 4.72 Å². The zero-order valence-electron chi connectivity index (χ0n) is 24.5. The molecule has 4 rings (SSSR count). The molecule has 3 N–H and O–H groups in total. The molecule has 0 spiro atoms. The molecule has 0 radical (unpaired) electrons. The van der Waals surface area contributed by atoms with Crippen LogP contribution in [0.15, 0.2) is 45.9 Å². The molecule has 8 nitrogen and oxygen atoms in total. The summed E-state index contributed by atoms with van der Waals surface area (Å²) in [7, 11) is -3.50. The fourth-order valence-electron chi connectivity index (χ4n) is 5.21. The molecule has 0 saturated heterocycles. The van der Waals surface area contributed by atoms with Crippen molar-refractivity contribution in [2.24, 2.45) is 5.92 Å². The molecule has 0 amide bonds. The summed E-state index contributed by atoms with van der Waals surface area (Å²) >= 11 is 2.43. The molecular formula is C30H38N2O6S3. The molecule has 1 aromatic heterocycles. The van der Waals surface area contributed by atoms with E-state index in [2.05, 4.69) is 9.71 Å². The van der Waals surface area contributed by atoms with Gasteiger partial charge in [0.25, 0.3) is 0 Å². The summed E-state index contributed by atoms with van der Waals surface area (Å²) in [5, 5.41) is 21.3. The molecule has 2 heterocycles. The molecule has 1 aliphatic rings. The van der Waals surface area contributed by atoms with Gasteiger partial charge in [-0.25, -0.2) is 18.2 Å². The second-order valence-corrected chi connectivity index (χ2v) is 15.8. The van der Waals surface area contributed by atoms with E-state index >= 15 is 0 Å². The number of aliphatic hydroxyl groups is 2. The molecule has 0 aliphatic carbocycles. The van der Waals surface area contributed by atoms with Gasteiger partial charge in [0.1, 0.15) is 16.3 Å². The molecule has 3 aromatic rings. The van der Waals surface area contributed by atoms with Crippen molar-refractivity contribution >= 4 is 54.4 Å². The van der Waals surface area contributed by atoms with Crippen molar-refractivity contribution < 1.29 is 28.2 Å². The van der Waals surface area contributed by atoms with Crippen LogP contribution in [0.3, 0.4) is 0 Å². The number of hydrogen-bond acceptors (Lipinski definition) is 9. The Morgan fingerprint density at radius 1 is 1.22 bits per heavy atom. The highest BCUT2D eigenvalue weighted by Crippen LogP contribution is 2.48. The van der Waals surface area contributed by atoms with Crippen molar-refractivity contribution in [1.29, 1.82) is 0 Å². The summed E-state index contributed by atoms with van der Waals surface area (Å²) in [6.07, 6.45) is 2.38. The smallest absolute Gasteiger partial charge is 0.349 e. The summed E-state index contributed by atoms with van der Waals surface area (Å²) < 4.78 is 33.2. The first-order valence-corrected chi connectivity index (χ1v) is 17.0. The summed E-state index contributed by atoms with van der Waals surface area (Å²) in [6, 6.07) is 9.58. The van der Waals surface area contributed by atoms with Crippen molar-refractivity contribution in [3.05, 3.63) is 63.2 Å². The minimum absolute atomic E-state index is 0.00302. The number of rotatable bonds is 9. The number of anilines is 1. The van der Waals surface area contributed by atoms with Crippen molar-refractivity contribution in [2.45, 2.75) is 83.3 Å². The van der Waals surface area contributed by atoms with E-state index in [9.17, 15) is 23.4 Å². The van der Waals surface area contributed by atoms with E-state index < -0.39 is 21.6 Å². The van der Waals surface area contributed by atoms with Crippen LogP contribution < -0.4 is 4.72 Å². The normalized spacial score (nSPS) is 18.3. The second-order valence-electron chi connectivity index (χ2n) is 12.0. The minimum atomic E-state index is -3.50. The first kappa shape index (κ1) is 31.3. The second kappa shape index (κ2) is 11.6. The number of nitrogens with one attached hydrogen (secondary N) is 1. The summed E-state index contributed by atoms with van der Waals surface area (Å²) in [5.74, 6) is -0.621. The Morgan fingerprint density at radius 3 is 2.44 bits per heavy atom. The Hall–Kier alpha value is -2.60. The van der Waals surface area contributed by atoms with Gasteiger partial charge in [0, 0.05) is 11.3 Å². The molecule has 0 saturated carbocycles. The lowest BCUT2D eigenvalue weighted by molar-refractivity contribution is -0.164. The van der Waals surface area contributed by atoms with Gasteiger partial charge in [0.05, 0.1) is 23.1 Å². The average molecular weight is 619 g/mol. The van der Waals surface area contributed by atoms with Crippen LogP contribution in [0.4, 0.5) is 5.13 Å². The van der Waals surface area contributed by atoms with Gasteiger partial charge in [0.15, 0.2) is 5.13 Å². The zero-order valence-corrected chi connectivity index (χ0v) is 26.9. The fraction of sp³-hybridized carbons (Fsp3) is 0.467. The van der Waals surface area contributed by atoms with Crippen LogP contribution in [0.5, 0.6) is 0 Å². The number of carbonyl (C=O) groups is 1. The molecule has 0 bridgehead atoms. The predicted octanol–water partition coefficient (Wildman–Crippen LogP) is 6.60. The topological polar surface area (TPSA) is 126 Å². The Kier molecular flexibility index (Phi) is 8.86. The zero-order chi connectivity index (χ0) is 30.3. The average Bonchev–Trinajstić information content (AvgIpc) is 3.26. The number of thiazole rings is 1. The molecule has 222 valence electrons. The third-order valence-electron chi connectivity index (χ3n) is 7.43. The summed E-state index contributed by atoms with van der Waals surface area (Å²) in [5.41, 5.74) is 3.00. The van der Waals surface area contributed by atoms with Crippen LogP contribution in [-0.2, 0) is 38.0 Å². The van der Waals surface area contributed by atoms with E-state index in [0.717, 1.165) is 38.1 Å². The highest BCUT2D eigenvalue weighted by molar-refractivity contribution is 8.04. The highest BCUT2D eigenvalue weighted by Gasteiger charge is 2.45. The third kappa shape index (κ3) is 6.74. The molecule has 2 aromatic carbocycles. The molecule has 1 aliphatic heterocycles. The molecule has 1 atom stereocenters. The SMILES string of the molecule is Cc1cc(SC2=C(O)CC(CCc3ccccc3CO)(C(C)C)OC2=O)c(C(C)(C)C)c2sc(NS(C)(=O)=O)nc12. The van der Waals surface area contributed by atoms with Gasteiger partial charge in [-0.1, -0.05) is 82.0 Å². The number of aromatic nitrogens is 1. The van der Waals surface area contributed by atoms with E-state index in [1.54, 1.807) is 0 Å². The predicted molar refractivity (Wildman–Crippen MR) is 166 cm³/mol. The number of hydrogen-bond donors (Lipinski definition) is 3. The lowest BCUT2D eigenvalue weighted by Crippen LogP contribution is -2.44. The van der Waals surface area contributed by atoms with Gasteiger partial charge in [-0.05, 0) is 59.4 Å². The maximum Gasteiger partial charge on any atom is 0.349 e. The standard InChI is InChI=1S/C30H38N2O6S3/c1-17(2)30(13-12-19-10-8-9-11-20(19)16-33)15-21(34)25(27(35)38-30)39-22-14-18(3)24-26(23(22)29(4,5)6)40-28(31-24)32-41(7,36)37/h8-11,14,17,33-34H,12-13,15-16H2,1-7H3,(H,31,32). The van der Waals surface area contributed by atoms with E-state index in [-0.39, 0.29) is 40.2 Å². The lowest BCUT2D eigenvalue weighted by atomic mass is 9.79. The van der Waals surface area contributed by atoms with Crippen LogP contribution in [0.2, 0.25) is 0 Å². The Morgan fingerprint density at radius 2 is 1.88 bits per heavy atom. The molecular weight excluding hydrogens is 581 g/mol. The van der Waals surface area contributed by atoms with E-state index in [0.29, 0.717) is 18.4 Å². The fourth-order valence-corrected chi connectivity index (χ4v) is 8.69. The van der Waals surface area contributed by atoms with Gasteiger partial charge >= 0.3 is 5.97 Å². The van der Waals surface area contributed by atoms with Gasteiger partial charge < -0.3 is 14.9 Å². The van der Waals surface area contributed by atoms with Gasteiger partial charge in [-0.2, -0.15) is 0 Å². The lowest BCUT2D eigenvalue weighted by Gasteiger charge is -2.40.